The summed E-state index contributed by atoms with van der Waals surface area (Å²) < 4.78 is 0. The van der Waals surface area contributed by atoms with Crippen LogP contribution in [0.5, 0.6) is 0 Å². The molecule has 4 nitrogen and oxygen atoms in total. The van der Waals surface area contributed by atoms with Gasteiger partial charge in [0.1, 0.15) is 0 Å². The highest BCUT2D eigenvalue weighted by atomic mass is 15.2. The summed E-state index contributed by atoms with van der Waals surface area (Å²) in [7, 11) is 0. The average Bonchev–Trinajstić information content (AvgIpc) is 2.79. The maximum Gasteiger partial charge on any atom is 0.191 e. The minimum atomic E-state index is 0.657. The molecule has 1 heterocycles. The smallest absolute Gasteiger partial charge is 0.191 e. The van der Waals surface area contributed by atoms with E-state index in [0.29, 0.717) is 6.54 Å². The van der Waals surface area contributed by atoms with E-state index in [4.69, 9.17) is 0 Å². The molecule has 0 aliphatic rings. The summed E-state index contributed by atoms with van der Waals surface area (Å²) in [6.07, 6.45) is 0. The summed E-state index contributed by atoms with van der Waals surface area (Å²) in [4.78, 5) is 7.90. The molecule has 1 aromatic carbocycles. The zero-order chi connectivity index (χ0) is 12.8. The number of fused-ring (bicyclic) bond motifs is 1. The van der Waals surface area contributed by atoms with Crippen LogP contribution in [0, 0.1) is 0 Å². The van der Waals surface area contributed by atoms with Crippen LogP contribution in [-0.2, 0) is 6.54 Å². The number of aromatic nitrogens is 1. The number of guanidine groups is 1. The standard InChI is InChI=1S/C14H20N4/c1-3-15-14(16-4-2)17-10-12-9-11-7-5-6-8-13(11)18-12/h5-9,18H,3-4,10H2,1-2H3,(H2,15,16,17). The van der Waals surface area contributed by atoms with E-state index in [9.17, 15) is 0 Å². The molecule has 2 aromatic rings. The van der Waals surface area contributed by atoms with Crippen molar-refractivity contribution in [3.63, 3.8) is 0 Å². The number of aliphatic imine (C=N–C) groups is 1. The van der Waals surface area contributed by atoms with E-state index in [0.717, 1.165) is 30.3 Å². The van der Waals surface area contributed by atoms with E-state index in [1.165, 1.54) is 5.39 Å². The molecule has 0 radical (unpaired) electrons. The molecule has 0 saturated carbocycles. The first-order valence-electron chi connectivity index (χ1n) is 6.42. The lowest BCUT2D eigenvalue weighted by atomic mass is 10.2. The normalized spacial score (nSPS) is 10.3. The number of nitrogens with zero attached hydrogens (tertiary/aromatic N) is 1. The molecule has 0 bridgehead atoms. The van der Waals surface area contributed by atoms with Gasteiger partial charge in [-0.1, -0.05) is 18.2 Å². The number of nitrogens with one attached hydrogen (secondary N) is 3. The number of benzene rings is 1. The van der Waals surface area contributed by atoms with Crippen molar-refractivity contribution >= 4 is 16.9 Å². The largest absolute Gasteiger partial charge is 0.357 e. The predicted molar refractivity (Wildman–Crippen MR) is 76.8 cm³/mol. The van der Waals surface area contributed by atoms with E-state index >= 15 is 0 Å². The van der Waals surface area contributed by atoms with Crippen LogP contribution in [0.3, 0.4) is 0 Å². The number of H-pyrrole nitrogens is 1. The Hall–Kier alpha value is -1.97. The molecule has 0 spiro atoms. The molecule has 4 heteroatoms. The van der Waals surface area contributed by atoms with Crippen molar-refractivity contribution in [3.05, 3.63) is 36.0 Å². The van der Waals surface area contributed by atoms with Crippen LogP contribution in [0.2, 0.25) is 0 Å². The summed E-state index contributed by atoms with van der Waals surface area (Å²) in [5.41, 5.74) is 2.29. The second-order valence-electron chi connectivity index (χ2n) is 4.11. The molecule has 0 fully saturated rings. The average molecular weight is 244 g/mol. The molecule has 0 unspecified atom stereocenters. The Kier molecular flexibility index (Phi) is 4.23. The van der Waals surface area contributed by atoms with Gasteiger partial charge in [0.25, 0.3) is 0 Å². The van der Waals surface area contributed by atoms with Crippen molar-refractivity contribution in [1.29, 1.82) is 0 Å². The summed E-state index contributed by atoms with van der Waals surface area (Å²) >= 11 is 0. The second kappa shape index (κ2) is 6.10. The van der Waals surface area contributed by atoms with Crippen LogP contribution in [-0.4, -0.2) is 24.0 Å². The molecule has 1 aromatic heterocycles. The van der Waals surface area contributed by atoms with Gasteiger partial charge in [0.15, 0.2) is 5.96 Å². The fourth-order valence-corrected chi connectivity index (χ4v) is 1.89. The minimum absolute atomic E-state index is 0.657. The third-order valence-corrected chi connectivity index (χ3v) is 2.68. The van der Waals surface area contributed by atoms with Crippen molar-refractivity contribution in [1.82, 2.24) is 15.6 Å². The third kappa shape index (κ3) is 3.03. The Morgan fingerprint density at radius 3 is 2.56 bits per heavy atom. The van der Waals surface area contributed by atoms with Gasteiger partial charge >= 0.3 is 0 Å². The lowest BCUT2D eigenvalue weighted by molar-refractivity contribution is 0.836. The Balaban J connectivity index is 2.09. The van der Waals surface area contributed by atoms with Crippen LogP contribution in [0.1, 0.15) is 19.5 Å². The topological polar surface area (TPSA) is 52.2 Å². The Labute approximate surface area is 108 Å². The van der Waals surface area contributed by atoms with Gasteiger partial charge in [0.2, 0.25) is 0 Å². The number of aromatic amines is 1. The van der Waals surface area contributed by atoms with Gasteiger partial charge in [-0.05, 0) is 31.4 Å². The van der Waals surface area contributed by atoms with Crippen molar-refractivity contribution in [2.24, 2.45) is 4.99 Å². The Bertz CT molecular complexity index is 486. The van der Waals surface area contributed by atoms with E-state index in [-0.39, 0.29) is 0 Å². The monoisotopic (exact) mass is 244 g/mol. The molecule has 0 aliphatic carbocycles. The van der Waals surface area contributed by atoms with Crippen molar-refractivity contribution in [3.8, 4) is 0 Å². The zero-order valence-corrected chi connectivity index (χ0v) is 11.0. The molecule has 96 valence electrons. The molecule has 0 saturated heterocycles. The van der Waals surface area contributed by atoms with Gasteiger partial charge in [-0.2, -0.15) is 0 Å². The van der Waals surface area contributed by atoms with E-state index in [2.05, 4.69) is 52.7 Å². The van der Waals surface area contributed by atoms with Gasteiger partial charge in [0, 0.05) is 24.3 Å². The number of rotatable bonds is 4. The maximum atomic E-state index is 4.53. The summed E-state index contributed by atoms with van der Waals surface area (Å²) in [5.74, 6) is 0.860. The second-order valence-corrected chi connectivity index (χ2v) is 4.11. The molecule has 2 rings (SSSR count). The lowest BCUT2D eigenvalue weighted by Crippen LogP contribution is -2.36. The third-order valence-electron chi connectivity index (χ3n) is 2.68. The Morgan fingerprint density at radius 2 is 1.89 bits per heavy atom. The van der Waals surface area contributed by atoms with Gasteiger partial charge in [-0.3, -0.25) is 0 Å². The molecule has 0 atom stereocenters. The van der Waals surface area contributed by atoms with E-state index < -0.39 is 0 Å². The van der Waals surface area contributed by atoms with Crippen LogP contribution in [0.15, 0.2) is 35.3 Å². The van der Waals surface area contributed by atoms with Gasteiger partial charge in [-0.25, -0.2) is 4.99 Å². The first-order valence-corrected chi connectivity index (χ1v) is 6.42. The molecular formula is C14H20N4. The van der Waals surface area contributed by atoms with Gasteiger partial charge in [-0.15, -0.1) is 0 Å². The van der Waals surface area contributed by atoms with Crippen LogP contribution in [0.25, 0.3) is 10.9 Å². The molecule has 18 heavy (non-hydrogen) atoms. The quantitative estimate of drug-likeness (QED) is 0.570. The summed E-state index contributed by atoms with van der Waals surface area (Å²) in [5, 5.41) is 7.66. The van der Waals surface area contributed by atoms with Crippen LogP contribution >= 0.6 is 0 Å². The number of hydrogen-bond acceptors (Lipinski definition) is 1. The van der Waals surface area contributed by atoms with Gasteiger partial charge < -0.3 is 15.6 Å². The van der Waals surface area contributed by atoms with Crippen molar-refractivity contribution < 1.29 is 0 Å². The maximum absolute atomic E-state index is 4.53. The molecular weight excluding hydrogens is 224 g/mol. The summed E-state index contributed by atoms with van der Waals surface area (Å²) in [6, 6.07) is 10.4. The highest BCUT2D eigenvalue weighted by Crippen LogP contribution is 2.14. The first kappa shape index (κ1) is 12.5. The highest BCUT2D eigenvalue weighted by Gasteiger charge is 2.00. The van der Waals surface area contributed by atoms with Crippen molar-refractivity contribution in [2.45, 2.75) is 20.4 Å². The van der Waals surface area contributed by atoms with Crippen LogP contribution in [0.4, 0.5) is 0 Å². The predicted octanol–water partition coefficient (Wildman–Crippen LogP) is 2.24. The fraction of sp³-hybridized carbons (Fsp3) is 0.357. The molecule has 0 aliphatic heterocycles. The van der Waals surface area contributed by atoms with E-state index in [1.807, 2.05) is 12.1 Å². The van der Waals surface area contributed by atoms with E-state index in [1.54, 1.807) is 0 Å². The zero-order valence-electron chi connectivity index (χ0n) is 11.0. The molecule has 0 amide bonds. The number of para-hydroxylation sites is 1. The van der Waals surface area contributed by atoms with Crippen molar-refractivity contribution in [2.75, 3.05) is 13.1 Å². The lowest BCUT2D eigenvalue weighted by Gasteiger charge is -2.08. The first-order chi connectivity index (χ1) is 8.83. The Morgan fingerprint density at radius 1 is 1.17 bits per heavy atom. The molecule has 3 N–H and O–H groups in total. The highest BCUT2D eigenvalue weighted by molar-refractivity contribution is 5.81. The SMILES string of the molecule is CCNC(=NCc1cc2ccccc2[nH]1)NCC. The number of hydrogen-bond donors (Lipinski definition) is 3. The van der Waals surface area contributed by atoms with Crippen LogP contribution < -0.4 is 10.6 Å². The fourth-order valence-electron chi connectivity index (χ4n) is 1.89. The summed E-state index contributed by atoms with van der Waals surface area (Å²) in [6.45, 7) is 6.53. The minimum Gasteiger partial charge on any atom is -0.357 e. The van der Waals surface area contributed by atoms with Gasteiger partial charge in [0.05, 0.1) is 6.54 Å².